The Bertz CT molecular complexity index is 618. The van der Waals surface area contributed by atoms with E-state index >= 15 is 0 Å². The molecule has 18 heavy (non-hydrogen) atoms. The molecule has 0 radical (unpaired) electrons. The van der Waals surface area contributed by atoms with E-state index in [0.29, 0.717) is 11.4 Å². The SMILES string of the molecule is Cc1[nH]nc(CO)c1S(=O)(=O)NCc1cscn1. The van der Waals surface area contributed by atoms with Crippen LogP contribution in [0.25, 0.3) is 0 Å². The molecule has 0 saturated heterocycles. The zero-order valence-electron chi connectivity index (χ0n) is 9.54. The third-order valence-electron chi connectivity index (χ3n) is 2.31. The van der Waals surface area contributed by atoms with Crippen molar-refractivity contribution in [2.75, 3.05) is 0 Å². The van der Waals surface area contributed by atoms with Crippen LogP contribution in [-0.4, -0.2) is 28.7 Å². The van der Waals surface area contributed by atoms with E-state index in [1.165, 1.54) is 11.3 Å². The first-order valence-corrected chi connectivity index (χ1v) is 7.48. The Morgan fingerprint density at radius 3 is 2.94 bits per heavy atom. The average molecular weight is 288 g/mol. The lowest BCUT2D eigenvalue weighted by Gasteiger charge is -2.05. The number of hydrogen-bond acceptors (Lipinski definition) is 6. The summed E-state index contributed by atoms with van der Waals surface area (Å²) in [6.07, 6.45) is 0. The summed E-state index contributed by atoms with van der Waals surface area (Å²) in [4.78, 5) is 3.98. The molecule has 0 atom stereocenters. The summed E-state index contributed by atoms with van der Waals surface area (Å²) in [6, 6.07) is 0. The number of aliphatic hydroxyl groups is 1. The molecule has 98 valence electrons. The van der Waals surface area contributed by atoms with Crippen LogP contribution < -0.4 is 4.72 Å². The highest BCUT2D eigenvalue weighted by Gasteiger charge is 2.23. The maximum absolute atomic E-state index is 12.1. The third kappa shape index (κ3) is 2.58. The second-order valence-electron chi connectivity index (χ2n) is 3.59. The molecule has 2 heterocycles. The highest BCUT2D eigenvalue weighted by molar-refractivity contribution is 7.89. The van der Waals surface area contributed by atoms with Crippen molar-refractivity contribution in [3.05, 3.63) is 28.0 Å². The van der Waals surface area contributed by atoms with Gasteiger partial charge in [0.25, 0.3) is 0 Å². The average Bonchev–Trinajstić information content (AvgIpc) is 2.95. The third-order valence-corrected chi connectivity index (χ3v) is 4.55. The van der Waals surface area contributed by atoms with Gasteiger partial charge in [0.15, 0.2) is 0 Å². The summed E-state index contributed by atoms with van der Waals surface area (Å²) in [7, 11) is -3.71. The molecule has 0 aromatic carbocycles. The highest BCUT2D eigenvalue weighted by atomic mass is 32.2. The summed E-state index contributed by atoms with van der Waals surface area (Å²) < 4.78 is 26.6. The Morgan fingerprint density at radius 1 is 1.56 bits per heavy atom. The number of thiazole rings is 1. The van der Waals surface area contributed by atoms with Crippen molar-refractivity contribution in [1.29, 1.82) is 0 Å². The van der Waals surface area contributed by atoms with Crippen LogP contribution in [0.2, 0.25) is 0 Å². The number of aromatic nitrogens is 3. The van der Waals surface area contributed by atoms with Crippen LogP contribution in [0, 0.1) is 6.92 Å². The zero-order valence-corrected chi connectivity index (χ0v) is 11.2. The van der Waals surface area contributed by atoms with Crippen LogP contribution >= 0.6 is 11.3 Å². The van der Waals surface area contributed by atoms with Crippen molar-refractivity contribution >= 4 is 21.4 Å². The van der Waals surface area contributed by atoms with Gasteiger partial charge < -0.3 is 5.11 Å². The van der Waals surface area contributed by atoms with E-state index in [4.69, 9.17) is 5.11 Å². The highest BCUT2D eigenvalue weighted by Crippen LogP contribution is 2.17. The predicted molar refractivity (Wildman–Crippen MR) is 65.4 cm³/mol. The molecule has 2 rings (SSSR count). The molecule has 0 aliphatic heterocycles. The maximum atomic E-state index is 12.1. The van der Waals surface area contributed by atoms with E-state index in [1.807, 2.05) is 0 Å². The summed E-state index contributed by atoms with van der Waals surface area (Å²) in [5.74, 6) is 0. The quantitative estimate of drug-likeness (QED) is 0.725. The molecule has 0 bridgehead atoms. The number of nitrogens with one attached hydrogen (secondary N) is 2. The minimum atomic E-state index is -3.71. The molecule has 7 nitrogen and oxygen atoms in total. The maximum Gasteiger partial charge on any atom is 0.244 e. The minimum Gasteiger partial charge on any atom is -0.390 e. The fourth-order valence-corrected chi connectivity index (χ4v) is 3.41. The Kier molecular flexibility index (Phi) is 3.76. The fraction of sp³-hybridized carbons (Fsp3) is 0.333. The summed E-state index contributed by atoms with van der Waals surface area (Å²) >= 11 is 1.39. The Labute approximate surface area is 108 Å². The minimum absolute atomic E-state index is 0.000213. The number of aromatic amines is 1. The molecule has 0 aliphatic carbocycles. The van der Waals surface area contributed by atoms with E-state index in [-0.39, 0.29) is 17.1 Å². The molecular formula is C9H12N4O3S2. The van der Waals surface area contributed by atoms with Gasteiger partial charge in [-0.3, -0.25) is 5.10 Å². The summed E-state index contributed by atoms with van der Waals surface area (Å²) in [6.45, 7) is 1.27. The van der Waals surface area contributed by atoms with Gasteiger partial charge >= 0.3 is 0 Å². The summed E-state index contributed by atoms with van der Waals surface area (Å²) in [5.41, 5.74) is 2.78. The standard InChI is InChI=1S/C9H12N4O3S2/c1-6-9(8(3-14)13-12-6)18(15,16)11-2-7-4-17-5-10-7/h4-5,11,14H,2-3H2,1H3,(H,12,13). The lowest BCUT2D eigenvalue weighted by Crippen LogP contribution is -2.24. The van der Waals surface area contributed by atoms with E-state index in [0.717, 1.165) is 0 Å². The fourth-order valence-electron chi connectivity index (χ4n) is 1.50. The number of hydrogen-bond donors (Lipinski definition) is 3. The molecule has 0 unspecified atom stereocenters. The molecule has 3 N–H and O–H groups in total. The van der Waals surface area contributed by atoms with Gasteiger partial charge in [-0.05, 0) is 6.92 Å². The lowest BCUT2D eigenvalue weighted by atomic mass is 10.4. The normalized spacial score (nSPS) is 11.9. The number of H-pyrrole nitrogens is 1. The zero-order chi connectivity index (χ0) is 13.2. The second-order valence-corrected chi connectivity index (χ2v) is 6.01. The van der Waals surface area contributed by atoms with Gasteiger partial charge in [-0.2, -0.15) is 5.10 Å². The van der Waals surface area contributed by atoms with Crippen molar-refractivity contribution in [2.24, 2.45) is 0 Å². The first-order chi connectivity index (χ1) is 8.54. The van der Waals surface area contributed by atoms with E-state index in [2.05, 4.69) is 19.9 Å². The van der Waals surface area contributed by atoms with Crippen LogP contribution in [0.1, 0.15) is 17.1 Å². The first kappa shape index (κ1) is 13.1. The van der Waals surface area contributed by atoms with Gasteiger partial charge in [0.2, 0.25) is 10.0 Å². The number of nitrogens with zero attached hydrogens (tertiary/aromatic N) is 2. The molecule has 0 aliphatic rings. The largest absolute Gasteiger partial charge is 0.390 e. The van der Waals surface area contributed by atoms with Gasteiger partial charge in [-0.15, -0.1) is 11.3 Å². The Morgan fingerprint density at radius 2 is 2.33 bits per heavy atom. The molecule has 0 saturated carbocycles. The molecule has 0 spiro atoms. The van der Waals surface area contributed by atoms with Gasteiger partial charge in [-0.1, -0.05) is 0 Å². The topological polar surface area (TPSA) is 108 Å². The number of aliphatic hydroxyl groups excluding tert-OH is 1. The Balaban J connectivity index is 2.22. The van der Waals surface area contributed by atoms with Crippen LogP contribution in [0.15, 0.2) is 15.8 Å². The molecule has 2 aromatic rings. The molecule has 9 heteroatoms. The van der Waals surface area contributed by atoms with Crippen molar-refractivity contribution < 1.29 is 13.5 Å². The van der Waals surface area contributed by atoms with Crippen molar-refractivity contribution in [2.45, 2.75) is 25.0 Å². The van der Waals surface area contributed by atoms with Gasteiger partial charge in [0.1, 0.15) is 10.6 Å². The summed E-state index contributed by atoms with van der Waals surface area (Å²) in [5, 5.41) is 17.1. The van der Waals surface area contributed by atoms with E-state index in [9.17, 15) is 8.42 Å². The van der Waals surface area contributed by atoms with Crippen LogP contribution in [-0.2, 0) is 23.2 Å². The number of rotatable bonds is 5. The van der Waals surface area contributed by atoms with Crippen molar-refractivity contribution in [3.8, 4) is 0 Å². The molecule has 2 aromatic heterocycles. The van der Waals surface area contributed by atoms with Crippen LogP contribution in [0.5, 0.6) is 0 Å². The van der Waals surface area contributed by atoms with Crippen LogP contribution in [0.4, 0.5) is 0 Å². The molecule has 0 fully saturated rings. The number of aryl methyl sites for hydroxylation is 1. The first-order valence-electron chi connectivity index (χ1n) is 5.06. The lowest BCUT2D eigenvalue weighted by molar-refractivity contribution is 0.273. The predicted octanol–water partition coefficient (Wildman–Crippen LogP) is 0.145. The number of sulfonamides is 1. The van der Waals surface area contributed by atoms with Gasteiger partial charge in [0.05, 0.1) is 30.1 Å². The smallest absolute Gasteiger partial charge is 0.244 e. The monoisotopic (exact) mass is 288 g/mol. The van der Waals surface area contributed by atoms with Crippen LogP contribution in [0.3, 0.4) is 0 Å². The van der Waals surface area contributed by atoms with Gasteiger partial charge in [0, 0.05) is 5.38 Å². The Hall–Kier alpha value is -1.29. The van der Waals surface area contributed by atoms with Crippen molar-refractivity contribution in [3.63, 3.8) is 0 Å². The van der Waals surface area contributed by atoms with E-state index < -0.39 is 16.6 Å². The van der Waals surface area contributed by atoms with E-state index in [1.54, 1.807) is 17.8 Å². The second kappa shape index (κ2) is 5.14. The van der Waals surface area contributed by atoms with Crippen molar-refractivity contribution in [1.82, 2.24) is 19.9 Å². The molecule has 0 amide bonds. The van der Waals surface area contributed by atoms with Gasteiger partial charge in [-0.25, -0.2) is 18.1 Å². The molecular weight excluding hydrogens is 276 g/mol.